The molecule has 8 nitrogen and oxygen atoms in total. The highest BCUT2D eigenvalue weighted by Gasteiger charge is 2.31. The van der Waals surface area contributed by atoms with Crippen molar-refractivity contribution in [3.63, 3.8) is 0 Å². The molecule has 0 saturated carbocycles. The molecule has 0 radical (unpaired) electrons. The predicted octanol–water partition coefficient (Wildman–Crippen LogP) is 4.89. The van der Waals surface area contributed by atoms with Gasteiger partial charge in [0.05, 0.1) is 24.3 Å². The molecule has 3 aromatic rings. The van der Waals surface area contributed by atoms with Crippen LogP contribution in [0.15, 0.2) is 77.7 Å². The van der Waals surface area contributed by atoms with E-state index in [2.05, 4.69) is 14.8 Å². The van der Waals surface area contributed by atoms with Crippen LogP contribution < -0.4 is 19.5 Å². The van der Waals surface area contributed by atoms with Gasteiger partial charge in [-0.3, -0.25) is 9.52 Å². The third-order valence-corrected chi connectivity index (χ3v) is 6.46. The van der Waals surface area contributed by atoms with Crippen molar-refractivity contribution in [1.29, 1.82) is 0 Å². The van der Waals surface area contributed by atoms with Crippen LogP contribution in [-0.4, -0.2) is 38.5 Å². The van der Waals surface area contributed by atoms with Gasteiger partial charge in [0, 0.05) is 17.8 Å². The van der Waals surface area contributed by atoms with Crippen LogP contribution in [0.5, 0.6) is 11.5 Å². The summed E-state index contributed by atoms with van der Waals surface area (Å²) in [6.45, 7) is 3.21. The highest BCUT2D eigenvalue weighted by atomic mass is 32.2. The summed E-state index contributed by atoms with van der Waals surface area (Å²) >= 11 is 0. The van der Waals surface area contributed by atoms with Crippen LogP contribution in [0.25, 0.3) is 0 Å². The summed E-state index contributed by atoms with van der Waals surface area (Å²) in [7, 11) is -4.31. The molecule has 3 N–H and O–H groups in total. The van der Waals surface area contributed by atoms with E-state index in [4.69, 9.17) is 4.74 Å². The molecule has 0 spiro atoms. The van der Waals surface area contributed by atoms with Gasteiger partial charge in [0.15, 0.2) is 0 Å². The number of sulfonamides is 1. The molecule has 0 heterocycles. The van der Waals surface area contributed by atoms with Crippen LogP contribution in [0.2, 0.25) is 0 Å². The van der Waals surface area contributed by atoms with E-state index < -0.39 is 40.1 Å². The topological polar surface area (TPSA) is 114 Å². The third-order valence-electron chi connectivity index (χ3n) is 5.04. The first-order chi connectivity index (χ1) is 17.4. The van der Waals surface area contributed by atoms with Crippen LogP contribution in [-0.2, 0) is 14.8 Å². The first-order valence-corrected chi connectivity index (χ1v) is 12.6. The number of hydrogen-bond donors (Lipinski definition) is 3. The van der Waals surface area contributed by atoms with E-state index in [1.807, 2.05) is 0 Å². The number of ether oxygens (including phenoxy) is 2. The van der Waals surface area contributed by atoms with Crippen LogP contribution >= 0.6 is 0 Å². The molecule has 12 heteroatoms. The van der Waals surface area contributed by atoms with Crippen molar-refractivity contribution in [3.05, 3.63) is 78.4 Å². The second-order valence-corrected chi connectivity index (χ2v) is 9.54. The van der Waals surface area contributed by atoms with Gasteiger partial charge in [-0.25, -0.2) is 8.42 Å². The molecule has 2 unspecified atom stereocenters. The van der Waals surface area contributed by atoms with Crippen LogP contribution in [0.3, 0.4) is 0 Å². The number of halogens is 3. The van der Waals surface area contributed by atoms with Gasteiger partial charge in [-0.2, -0.15) is 0 Å². The van der Waals surface area contributed by atoms with Crippen LogP contribution in [0.1, 0.15) is 25.3 Å². The van der Waals surface area contributed by atoms with E-state index in [0.717, 1.165) is 12.1 Å². The lowest BCUT2D eigenvalue weighted by molar-refractivity contribution is -0.274. The minimum Gasteiger partial charge on any atom is -0.492 e. The smallest absolute Gasteiger partial charge is 0.492 e. The molecule has 0 bridgehead atoms. The standard InChI is InChI=1S/C25H25F3N2O6S/c1-3-35-21-15-18(29-24(32)23(16(2)31)17-8-5-4-6-9-17)12-13-22(21)37(33,34)30-19-10-7-11-20(14-19)36-25(26,27)28/h4-16,23,30-31H,3H2,1-2H3,(H,29,32). The van der Waals surface area contributed by atoms with E-state index in [9.17, 15) is 31.5 Å². The van der Waals surface area contributed by atoms with Crippen molar-refractivity contribution in [2.75, 3.05) is 16.6 Å². The van der Waals surface area contributed by atoms with E-state index in [1.54, 1.807) is 37.3 Å². The monoisotopic (exact) mass is 538 g/mol. The predicted molar refractivity (Wildman–Crippen MR) is 131 cm³/mol. The summed E-state index contributed by atoms with van der Waals surface area (Å²) in [6.07, 6.45) is -5.94. The fraction of sp³-hybridized carbons (Fsp3) is 0.240. The molecule has 198 valence electrons. The summed E-state index contributed by atoms with van der Waals surface area (Å²) in [6, 6.07) is 16.9. The van der Waals surface area contributed by atoms with Crippen molar-refractivity contribution in [1.82, 2.24) is 0 Å². The molecular formula is C25H25F3N2O6S. The summed E-state index contributed by atoms with van der Waals surface area (Å²) in [5.41, 5.74) is 0.652. The van der Waals surface area contributed by atoms with E-state index in [-0.39, 0.29) is 28.6 Å². The Kier molecular flexibility index (Phi) is 8.66. The summed E-state index contributed by atoms with van der Waals surface area (Å²) < 4.78 is 75.1. The Bertz CT molecular complexity index is 1330. The summed E-state index contributed by atoms with van der Waals surface area (Å²) in [5.74, 6) is -2.09. The Labute approximate surface area is 212 Å². The molecule has 1 amide bonds. The maximum Gasteiger partial charge on any atom is 0.573 e. The van der Waals surface area contributed by atoms with Gasteiger partial charge in [-0.05, 0) is 43.7 Å². The Morgan fingerprint density at radius 2 is 1.70 bits per heavy atom. The maximum absolute atomic E-state index is 13.0. The highest BCUT2D eigenvalue weighted by molar-refractivity contribution is 7.92. The fourth-order valence-corrected chi connectivity index (χ4v) is 4.75. The molecule has 3 aromatic carbocycles. The van der Waals surface area contributed by atoms with E-state index >= 15 is 0 Å². The van der Waals surface area contributed by atoms with Crippen molar-refractivity contribution >= 4 is 27.3 Å². The molecule has 0 aromatic heterocycles. The Hall–Kier alpha value is -3.77. The molecule has 0 saturated heterocycles. The lowest BCUT2D eigenvalue weighted by Crippen LogP contribution is -2.29. The first kappa shape index (κ1) is 27.8. The van der Waals surface area contributed by atoms with Gasteiger partial charge in [0.2, 0.25) is 5.91 Å². The number of hydrogen-bond acceptors (Lipinski definition) is 6. The number of anilines is 2. The molecule has 37 heavy (non-hydrogen) atoms. The molecule has 0 aliphatic heterocycles. The van der Waals surface area contributed by atoms with Crippen molar-refractivity contribution in [3.8, 4) is 11.5 Å². The quantitative estimate of drug-likeness (QED) is 0.339. The average Bonchev–Trinajstić information content (AvgIpc) is 2.78. The molecule has 0 aliphatic carbocycles. The molecule has 2 atom stereocenters. The van der Waals surface area contributed by atoms with E-state index in [0.29, 0.717) is 5.56 Å². The zero-order valence-corrected chi connectivity index (χ0v) is 20.6. The lowest BCUT2D eigenvalue weighted by atomic mass is 9.93. The largest absolute Gasteiger partial charge is 0.573 e. The number of aliphatic hydroxyl groups is 1. The van der Waals surface area contributed by atoms with Gasteiger partial charge < -0.3 is 19.9 Å². The number of carbonyl (C=O) groups excluding carboxylic acids is 1. The minimum absolute atomic E-state index is 0.0924. The zero-order valence-electron chi connectivity index (χ0n) is 19.8. The normalized spacial score (nSPS) is 13.4. The molecule has 3 rings (SSSR count). The lowest BCUT2D eigenvalue weighted by Gasteiger charge is -2.20. The Morgan fingerprint density at radius 3 is 2.32 bits per heavy atom. The SMILES string of the molecule is CCOc1cc(NC(=O)C(c2ccccc2)C(C)O)ccc1S(=O)(=O)Nc1cccc(OC(F)(F)F)c1. The first-order valence-electron chi connectivity index (χ1n) is 11.1. The minimum atomic E-state index is -4.94. The van der Waals surface area contributed by atoms with Crippen LogP contribution in [0, 0.1) is 0 Å². The number of rotatable bonds is 10. The average molecular weight is 539 g/mol. The van der Waals surface area contributed by atoms with Crippen molar-refractivity contribution in [2.24, 2.45) is 0 Å². The molecular weight excluding hydrogens is 513 g/mol. The second kappa shape index (κ2) is 11.5. The van der Waals surface area contributed by atoms with Crippen molar-refractivity contribution in [2.45, 2.75) is 37.1 Å². The number of carbonyl (C=O) groups is 1. The number of aliphatic hydroxyl groups excluding tert-OH is 1. The Morgan fingerprint density at radius 1 is 1.00 bits per heavy atom. The summed E-state index contributed by atoms with van der Waals surface area (Å²) in [5, 5.41) is 12.8. The zero-order chi connectivity index (χ0) is 27.2. The molecule has 0 fully saturated rings. The van der Waals surface area contributed by atoms with Gasteiger partial charge >= 0.3 is 6.36 Å². The van der Waals surface area contributed by atoms with Gasteiger partial charge in [0.1, 0.15) is 16.4 Å². The van der Waals surface area contributed by atoms with Gasteiger partial charge in [-0.1, -0.05) is 36.4 Å². The third kappa shape index (κ3) is 7.61. The number of benzene rings is 3. The fourth-order valence-electron chi connectivity index (χ4n) is 3.57. The Balaban J connectivity index is 1.86. The van der Waals surface area contributed by atoms with E-state index in [1.165, 1.54) is 37.3 Å². The molecule has 0 aliphatic rings. The second-order valence-electron chi connectivity index (χ2n) is 7.89. The summed E-state index contributed by atoms with van der Waals surface area (Å²) in [4.78, 5) is 12.6. The van der Waals surface area contributed by atoms with Crippen molar-refractivity contribution < 1.29 is 41.0 Å². The van der Waals surface area contributed by atoms with Gasteiger partial charge in [-0.15, -0.1) is 13.2 Å². The van der Waals surface area contributed by atoms with Gasteiger partial charge in [0.25, 0.3) is 10.0 Å². The number of amides is 1. The number of alkyl halides is 3. The number of nitrogens with one attached hydrogen (secondary N) is 2. The maximum atomic E-state index is 13.0. The highest BCUT2D eigenvalue weighted by Crippen LogP contribution is 2.32. The van der Waals surface area contributed by atoms with Crippen LogP contribution in [0.4, 0.5) is 24.5 Å².